The Hall–Kier alpha value is -4.69. The van der Waals surface area contributed by atoms with Crippen LogP contribution in [0.4, 0.5) is 23.1 Å². The highest BCUT2D eigenvalue weighted by atomic mass is 16.2. The molecule has 5 N–H and O–H groups in total. The van der Waals surface area contributed by atoms with Crippen LogP contribution in [0.2, 0.25) is 0 Å². The molecule has 212 valence electrons. The third kappa shape index (κ3) is 9.56. The number of unbranched alkanes of at least 4 members (excludes halogenated alkanes) is 1. The molecule has 0 aliphatic rings. The summed E-state index contributed by atoms with van der Waals surface area (Å²) in [6, 6.07) is 4.81. The van der Waals surface area contributed by atoms with Gasteiger partial charge in [0, 0.05) is 69.9 Å². The van der Waals surface area contributed by atoms with Crippen molar-refractivity contribution in [3.63, 3.8) is 0 Å². The normalized spacial score (nSPS) is 11.2. The molecule has 0 aliphatic heterocycles. The maximum Gasteiger partial charge on any atom is 0.246 e. The average Bonchev–Trinajstić information content (AvgIpc) is 2.95. The van der Waals surface area contributed by atoms with Gasteiger partial charge in [-0.2, -0.15) is 4.98 Å². The van der Waals surface area contributed by atoms with E-state index in [4.69, 9.17) is 5.41 Å². The van der Waals surface area contributed by atoms with Crippen LogP contribution in [-0.2, 0) is 9.59 Å². The minimum absolute atomic E-state index is 0.264. The molecule has 1 atom stereocenters. The Kier molecular flexibility index (Phi) is 12.9. The van der Waals surface area contributed by atoms with Crippen LogP contribution in [0.5, 0.6) is 0 Å². The zero-order valence-corrected chi connectivity index (χ0v) is 23.8. The number of carbonyl (C=O) groups is 2. The Morgan fingerprint density at radius 1 is 1.20 bits per heavy atom. The fourth-order valence-corrected chi connectivity index (χ4v) is 3.54. The maximum atomic E-state index is 12.6. The fraction of sp³-hybridized carbons (Fsp3) is 0.345. The highest BCUT2D eigenvalue weighted by Crippen LogP contribution is 2.22. The molecule has 0 saturated carbocycles. The Morgan fingerprint density at radius 2 is 1.98 bits per heavy atom. The van der Waals surface area contributed by atoms with Gasteiger partial charge in [0.1, 0.15) is 11.9 Å². The van der Waals surface area contributed by atoms with Crippen LogP contribution in [0.1, 0.15) is 24.0 Å². The molecule has 0 unspecified atom stereocenters. The topological polar surface area (TPSA) is 138 Å². The van der Waals surface area contributed by atoms with Gasteiger partial charge in [-0.05, 0) is 38.7 Å². The summed E-state index contributed by atoms with van der Waals surface area (Å²) in [5.74, 6) is 6.62. The molecule has 1 aromatic carbocycles. The van der Waals surface area contributed by atoms with Gasteiger partial charge < -0.3 is 36.5 Å². The van der Waals surface area contributed by atoms with Gasteiger partial charge in [-0.1, -0.05) is 24.0 Å². The van der Waals surface area contributed by atoms with Crippen molar-refractivity contribution < 1.29 is 9.59 Å². The number of rotatable bonds is 14. The lowest BCUT2D eigenvalue weighted by Gasteiger charge is -2.23. The highest BCUT2D eigenvalue weighted by Gasteiger charge is 2.22. The highest BCUT2D eigenvalue weighted by molar-refractivity contribution is 5.93. The van der Waals surface area contributed by atoms with Gasteiger partial charge in [-0.3, -0.25) is 9.59 Å². The Labute approximate surface area is 236 Å². The van der Waals surface area contributed by atoms with Crippen molar-refractivity contribution in [1.29, 1.82) is 5.41 Å². The standard InChI is InChI=1S/C29H39N9O2/c1-7-25(38(6)26(39)13-11-17-37(4)5)28(40)33-16-10-8-9-12-22-20-34-29(36-27(22)32-3)35-23-15-14-21(19-30)24(18-23)31-2/h7,11,13-15,18-20,25,30-31H,1,8,10,16-17H2,2-6H3,(H,33,40)(H2,32,34,35,36)/b13-11+,30-19?/t25-/m0/s1. The van der Waals surface area contributed by atoms with E-state index >= 15 is 0 Å². The van der Waals surface area contributed by atoms with Crippen LogP contribution in [0, 0.1) is 17.3 Å². The molecule has 1 heterocycles. The lowest BCUT2D eigenvalue weighted by Crippen LogP contribution is -2.46. The largest absolute Gasteiger partial charge is 0.388 e. The first-order valence-electron chi connectivity index (χ1n) is 12.8. The summed E-state index contributed by atoms with van der Waals surface area (Å²) in [4.78, 5) is 37.1. The first kappa shape index (κ1) is 31.5. The van der Waals surface area contributed by atoms with Gasteiger partial charge in [-0.25, -0.2) is 4.98 Å². The van der Waals surface area contributed by atoms with Gasteiger partial charge in [0.05, 0.1) is 11.8 Å². The fourth-order valence-electron chi connectivity index (χ4n) is 3.54. The molecule has 2 rings (SSSR count). The quantitative estimate of drug-likeness (QED) is 0.0803. The van der Waals surface area contributed by atoms with E-state index in [-0.39, 0.29) is 11.8 Å². The molecule has 1 aromatic heterocycles. The maximum absolute atomic E-state index is 12.6. The molecule has 2 amide bonds. The third-order valence-electron chi connectivity index (χ3n) is 5.75. The molecule has 11 nitrogen and oxygen atoms in total. The molecule has 0 saturated heterocycles. The minimum atomic E-state index is -0.760. The van der Waals surface area contributed by atoms with Crippen molar-refractivity contribution in [2.45, 2.75) is 18.9 Å². The van der Waals surface area contributed by atoms with Crippen molar-refractivity contribution in [3.05, 3.63) is 60.3 Å². The molecule has 0 bridgehead atoms. The summed E-state index contributed by atoms with van der Waals surface area (Å²) in [5.41, 5.74) is 3.04. The van der Waals surface area contributed by atoms with Gasteiger partial charge in [0.25, 0.3) is 0 Å². The van der Waals surface area contributed by atoms with Crippen LogP contribution < -0.4 is 21.3 Å². The van der Waals surface area contributed by atoms with Crippen molar-refractivity contribution in [2.75, 3.05) is 64.3 Å². The third-order valence-corrected chi connectivity index (χ3v) is 5.75. The molecule has 11 heteroatoms. The van der Waals surface area contributed by atoms with Gasteiger partial charge in [-0.15, -0.1) is 6.58 Å². The number of anilines is 4. The van der Waals surface area contributed by atoms with Crippen LogP contribution >= 0.6 is 0 Å². The monoisotopic (exact) mass is 545 g/mol. The number of amides is 2. The molecular formula is C29H39N9O2. The number of carbonyl (C=O) groups excluding carboxylic acids is 2. The Balaban J connectivity index is 1.89. The van der Waals surface area contributed by atoms with E-state index in [1.807, 2.05) is 37.2 Å². The summed E-state index contributed by atoms with van der Waals surface area (Å²) < 4.78 is 0. The van der Waals surface area contributed by atoms with E-state index in [2.05, 4.69) is 49.7 Å². The van der Waals surface area contributed by atoms with E-state index in [9.17, 15) is 9.59 Å². The summed E-state index contributed by atoms with van der Waals surface area (Å²) >= 11 is 0. The first-order chi connectivity index (χ1) is 19.2. The molecule has 40 heavy (non-hydrogen) atoms. The Bertz CT molecular complexity index is 1280. The summed E-state index contributed by atoms with van der Waals surface area (Å²) in [7, 11) is 8.96. The van der Waals surface area contributed by atoms with E-state index in [1.54, 1.807) is 33.4 Å². The molecule has 2 aromatic rings. The summed E-state index contributed by atoms with van der Waals surface area (Å²) in [6.07, 6.45) is 8.79. The van der Waals surface area contributed by atoms with Crippen LogP contribution in [-0.4, -0.2) is 92.2 Å². The number of nitrogens with one attached hydrogen (secondary N) is 5. The second-order valence-corrected chi connectivity index (χ2v) is 9.02. The zero-order valence-electron chi connectivity index (χ0n) is 23.8. The lowest BCUT2D eigenvalue weighted by atomic mass is 10.1. The van der Waals surface area contributed by atoms with Gasteiger partial charge in [0.2, 0.25) is 17.8 Å². The van der Waals surface area contributed by atoms with E-state index in [0.29, 0.717) is 43.3 Å². The van der Waals surface area contributed by atoms with Crippen molar-refractivity contribution in [1.82, 2.24) is 25.1 Å². The summed E-state index contributed by atoms with van der Waals surface area (Å²) in [5, 5.41) is 19.6. The summed E-state index contributed by atoms with van der Waals surface area (Å²) in [6.45, 7) is 4.75. The number of hydrogen-bond acceptors (Lipinski definition) is 9. The minimum Gasteiger partial charge on any atom is -0.388 e. The van der Waals surface area contributed by atoms with Gasteiger partial charge >= 0.3 is 0 Å². The smallest absolute Gasteiger partial charge is 0.246 e. The zero-order chi connectivity index (χ0) is 29.5. The van der Waals surface area contributed by atoms with Gasteiger partial charge in [0.15, 0.2) is 0 Å². The second-order valence-electron chi connectivity index (χ2n) is 9.02. The number of hydrogen-bond donors (Lipinski definition) is 5. The van der Waals surface area contributed by atoms with E-state index < -0.39 is 6.04 Å². The van der Waals surface area contributed by atoms with Crippen molar-refractivity contribution in [2.24, 2.45) is 0 Å². The second kappa shape index (κ2) is 16.3. The van der Waals surface area contributed by atoms with Crippen molar-refractivity contribution >= 4 is 41.2 Å². The number of benzene rings is 1. The number of aromatic nitrogens is 2. The van der Waals surface area contributed by atoms with E-state index in [0.717, 1.165) is 16.9 Å². The predicted octanol–water partition coefficient (Wildman–Crippen LogP) is 2.68. The molecular weight excluding hydrogens is 506 g/mol. The molecule has 0 aliphatic carbocycles. The van der Waals surface area contributed by atoms with Crippen LogP contribution in [0.3, 0.4) is 0 Å². The predicted molar refractivity (Wildman–Crippen MR) is 162 cm³/mol. The van der Waals surface area contributed by atoms with Crippen molar-refractivity contribution in [3.8, 4) is 11.8 Å². The molecule has 0 fully saturated rings. The SMILES string of the molecule is C=C[C@@H](C(=O)NCCCC#Cc1cnc(Nc2ccc(C=N)c(NC)c2)nc1NC)N(C)C(=O)/C=C/CN(C)C. The van der Waals surface area contributed by atoms with E-state index in [1.165, 1.54) is 23.3 Å². The molecule has 0 radical (unpaired) electrons. The number of likely N-dealkylation sites (N-methyl/N-ethyl adjacent to an activating group) is 2. The average molecular weight is 546 g/mol. The Morgan fingerprint density at radius 3 is 2.62 bits per heavy atom. The van der Waals surface area contributed by atoms with Crippen LogP contribution in [0.25, 0.3) is 0 Å². The number of nitrogens with zero attached hydrogens (tertiary/aromatic N) is 4. The first-order valence-corrected chi connectivity index (χ1v) is 12.8. The van der Waals surface area contributed by atoms with Crippen LogP contribution in [0.15, 0.2) is 49.2 Å². The molecule has 0 spiro atoms. The lowest BCUT2D eigenvalue weighted by molar-refractivity contribution is -0.133.